The van der Waals surface area contributed by atoms with Crippen LogP contribution in [0.5, 0.6) is 0 Å². The molecule has 1 saturated heterocycles. The molecule has 0 aromatic heterocycles. The zero-order chi connectivity index (χ0) is 26.4. The number of fused-ring (bicyclic) bond motifs is 1. The van der Waals surface area contributed by atoms with Crippen molar-refractivity contribution in [2.45, 2.75) is 30.8 Å². The predicted octanol–water partition coefficient (Wildman–Crippen LogP) is 6.48. The van der Waals surface area contributed by atoms with Gasteiger partial charge in [0.25, 0.3) is 0 Å². The maximum absolute atomic E-state index is 14.8. The molecular formula is C29H25ClF3N3S. The van der Waals surface area contributed by atoms with Crippen LogP contribution in [0.4, 0.5) is 18.9 Å². The van der Waals surface area contributed by atoms with Crippen molar-refractivity contribution < 1.29 is 13.2 Å². The molecule has 190 valence electrons. The van der Waals surface area contributed by atoms with Gasteiger partial charge in [0.15, 0.2) is 17.5 Å². The fourth-order valence-corrected chi connectivity index (χ4v) is 5.95. The minimum atomic E-state index is -1.23. The SMILES string of the molecule is C#Cc1c(F)c(SC)c(F)c(F)c1NC1CN(C2=C3C=C(Cl)C(c4c(C)cccc4C)=CC3NC=C2)C1. The summed E-state index contributed by atoms with van der Waals surface area (Å²) in [4.78, 5) is 1.70. The van der Waals surface area contributed by atoms with E-state index >= 15 is 0 Å². The molecule has 1 fully saturated rings. The molecule has 8 heteroatoms. The third-order valence-corrected chi connectivity index (χ3v) is 8.05. The first-order chi connectivity index (χ1) is 17.7. The molecule has 1 atom stereocenters. The van der Waals surface area contributed by atoms with Gasteiger partial charge in [-0.05, 0) is 66.8 Å². The van der Waals surface area contributed by atoms with E-state index in [1.165, 1.54) is 6.26 Å². The van der Waals surface area contributed by atoms with Gasteiger partial charge in [-0.3, -0.25) is 0 Å². The van der Waals surface area contributed by atoms with Gasteiger partial charge in [0, 0.05) is 29.4 Å². The van der Waals surface area contributed by atoms with Crippen LogP contribution >= 0.6 is 23.4 Å². The Bertz CT molecular complexity index is 1440. The average molecular weight is 540 g/mol. The number of rotatable bonds is 5. The van der Waals surface area contributed by atoms with Gasteiger partial charge in [0.1, 0.15) is 0 Å². The molecule has 3 aliphatic rings. The third-order valence-electron chi connectivity index (χ3n) is 6.97. The van der Waals surface area contributed by atoms with E-state index in [9.17, 15) is 13.2 Å². The van der Waals surface area contributed by atoms with Gasteiger partial charge in [0.2, 0.25) is 0 Å². The van der Waals surface area contributed by atoms with Crippen LogP contribution in [0.15, 0.2) is 63.8 Å². The number of halogens is 4. The normalized spacial score (nSPS) is 19.0. The van der Waals surface area contributed by atoms with Crippen LogP contribution < -0.4 is 10.6 Å². The second-order valence-electron chi connectivity index (χ2n) is 9.27. The van der Waals surface area contributed by atoms with E-state index in [0.29, 0.717) is 18.1 Å². The topological polar surface area (TPSA) is 27.3 Å². The number of hydrogen-bond acceptors (Lipinski definition) is 4. The van der Waals surface area contributed by atoms with E-state index in [1.54, 1.807) is 0 Å². The van der Waals surface area contributed by atoms with Crippen molar-refractivity contribution in [3.8, 4) is 12.3 Å². The molecule has 0 radical (unpaired) electrons. The van der Waals surface area contributed by atoms with Crippen LogP contribution in [0.1, 0.15) is 22.3 Å². The number of benzene rings is 2. The molecule has 2 N–H and O–H groups in total. The predicted molar refractivity (Wildman–Crippen MR) is 146 cm³/mol. The van der Waals surface area contributed by atoms with Crippen LogP contribution in [0.25, 0.3) is 5.57 Å². The number of hydrogen-bond donors (Lipinski definition) is 2. The molecule has 0 spiro atoms. The Hall–Kier alpha value is -3.21. The van der Waals surface area contributed by atoms with E-state index in [-0.39, 0.29) is 23.3 Å². The van der Waals surface area contributed by atoms with Crippen LogP contribution in [0.2, 0.25) is 0 Å². The standard InChI is InChI=1S/C29H25ClF3N3S/c1-5-18-25(31)29(37-4)27(33)26(32)28(18)35-17-13-36(14-17)23-9-10-34-22-12-19(21(30)11-20(22)23)24-15(2)7-6-8-16(24)3/h1,6-12,17,22,34-35H,13-14H2,2-4H3. The number of nitrogens with zero attached hydrogens (tertiary/aromatic N) is 1. The molecule has 3 nitrogen and oxygen atoms in total. The Morgan fingerprint density at radius 2 is 1.84 bits per heavy atom. The molecule has 37 heavy (non-hydrogen) atoms. The van der Waals surface area contributed by atoms with Crippen molar-refractivity contribution in [1.29, 1.82) is 0 Å². The highest BCUT2D eigenvalue weighted by molar-refractivity contribution is 7.98. The summed E-state index contributed by atoms with van der Waals surface area (Å²) >= 11 is 7.58. The fourth-order valence-electron chi connectivity index (χ4n) is 5.13. The molecule has 1 aliphatic carbocycles. The van der Waals surface area contributed by atoms with E-state index < -0.39 is 22.3 Å². The van der Waals surface area contributed by atoms with Gasteiger partial charge < -0.3 is 15.5 Å². The maximum atomic E-state index is 14.8. The molecule has 0 saturated carbocycles. The van der Waals surface area contributed by atoms with E-state index in [2.05, 4.69) is 53.5 Å². The first-order valence-electron chi connectivity index (χ1n) is 11.8. The lowest BCUT2D eigenvalue weighted by atomic mass is 9.86. The zero-order valence-electron chi connectivity index (χ0n) is 20.6. The van der Waals surface area contributed by atoms with Crippen LogP contribution in [-0.4, -0.2) is 36.3 Å². The van der Waals surface area contributed by atoms with E-state index in [4.69, 9.17) is 18.0 Å². The second kappa shape index (κ2) is 9.92. The van der Waals surface area contributed by atoms with Gasteiger partial charge in [-0.2, -0.15) is 0 Å². The van der Waals surface area contributed by atoms with Gasteiger partial charge in [-0.1, -0.05) is 35.7 Å². The summed E-state index contributed by atoms with van der Waals surface area (Å²) in [5, 5.41) is 6.98. The Kier molecular flexibility index (Phi) is 6.82. The average Bonchev–Trinajstić information content (AvgIpc) is 2.84. The van der Waals surface area contributed by atoms with Gasteiger partial charge in [-0.15, -0.1) is 18.2 Å². The summed E-state index contributed by atoms with van der Waals surface area (Å²) in [5.41, 5.74) is 5.85. The minimum Gasteiger partial charge on any atom is -0.380 e. The number of nitrogens with one attached hydrogen (secondary N) is 2. The highest BCUT2D eigenvalue weighted by atomic mass is 35.5. The van der Waals surface area contributed by atoms with Crippen molar-refractivity contribution in [2.75, 3.05) is 24.7 Å². The Morgan fingerprint density at radius 1 is 1.14 bits per heavy atom. The molecular weight excluding hydrogens is 515 g/mol. The number of thioether (sulfide) groups is 1. The highest BCUT2D eigenvalue weighted by Gasteiger charge is 2.34. The summed E-state index contributed by atoms with van der Waals surface area (Å²) in [5.74, 6) is -1.14. The lowest BCUT2D eigenvalue weighted by Crippen LogP contribution is -2.55. The molecule has 2 aliphatic heterocycles. The van der Waals surface area contributed by atoms with E-state index in [0.717, 1.165) is 45.3 Å². The van der Waals surface area contributed by atoms with Crippen LogP contribution in [-0.2, 0) is 0 Å². The van der Waals surface area contributed by atoms with Crippen LogP contribution in [0, 0.1) is 43.6 Å². The summed E-state index contributed by atoms with van der Waals surface area (Å²) in [7, 11) is 0. The smallest absolute Gasteiger partial charge is 0.184 e. The monoisotopic (exact) mass is 539 g/mol. The zero-order valence-corrected chi connectivity index (χ0v) is 22.1. The first kappa shape index (κ1) is 25.4. The van der Waals surface area contributed by atoms with Gasteiger partial charge in [-0.25, -0.2) is 13.2 Å². The summed E-state index contributed by atoms with van der Waals surface area (Å²) in [6.07, 6.45) is 14.9. The largest absolute Gasteiger partial charge is 0.380 e. The lowest BCUT2D eigenvalue weighted by molar-refractivity contribution is 0.217. The minimum absolute atomic E-state index is 0.0590. The number of likely N-dealkylation sites (tertiary alicyclic amines) is 1. The number of dihydropyridines is 1. The van der Waals surface area contributed by atoms with Crippen molar-refractivity contribution in [3.63, 3.8) is 0 Å². The van der Waals surface area contributed by atoms with Crippen molar-refractivity contribution in [2.24, 2.45) is 0 Å². The molecule has 0 bridgehead atoms. The van der Waals surface area contributed by atoms with Crippen molar-refractivity contribution >= 4 is 34.6 Å². The maximum Gasteiger partial charge on any atom is 0.184 e. The van der Waals surface area contributed by atoms with E-state index in [1.807, 2.05) is 24.4 Å². The molecule has 1 unspecified atom stereocenters. The van der Waals surface area contributed by atoms with Crippen molar-refractivity contribution in [3.05, 3.63) is 98.6 Å². The molecule has 2 heterocycles. The number of aryl methyl sites for hydroxylation is 2. The summed E-state index contributed by atoms with van der Waals surface area (Å²) in [6, 6.07) is 5.89. The number of allylic oxidation sites excluding steroid dienone is 3. The molecule has 5 rings (SSSR count). The summed E-state index contributed by atoms with van der Waals surface area (Å²) in [6.45, 7) is 5.16. The highest BCUT2D eigenvalue weighted by Crippen LogP contribution is 2.40. The fraction of sp³-hybridized carbons (Fsp3) is 0.241. The Morgan fingerprint density at radius 3 is 2.49 bits per heavy atom. The molecule has 2 aromatic rings. The Balaban J connectivity index is 1.38. The Labute approximate surface area is 224 Å². The van der Waals surface area contributed by atoms with Crippen LogP contribution in [0.3, 0.4) is 0 Å². The molecule has 2 aromatic carbocycles. The number of anilines is 1. The van der Waals surface area contributed by atoms with Gasteiger partial charge in [0.05, 0.1) is 28.2 Å². The lowest BCUT2D eigenvalue weighted by Gasteiger charge is -2.45. The van der Waals surface area contributed by atoms with Gasteiger partial charge >= 0.3 is 0 Å². The second-order valence-corrected chi connectivity index (χ2v) is 10.5. The number of terminal acetylenes is 1. The van der Waals surface area contributed by atoms with Crippen molar-refractivity contribution in [1.82, 2.24) is 10.2 Å². The quantitative estimate of drug-likeness (QED) is 0.258. The molecule has 0 amide bonds. The summed E-state index contributed by atoms with van der Waals surface area (Å²) < 4.78 is 43.8. The first-order valence-corrected chi connectivity index (χ1v) is 13.4. The third kappa shape index (κ3) is 4.32.